The molecule has 0 aromatic rings. The largest absolute Gasteiger partial charge is 0.347 e. The summed E-state index contributed by atoms with van der Waals surface area (Å²) in [6.07, 6.45) is 2.16. The summed E-state index contributed by atoms with van der Waals surface area (Å²) in [4.78, 5) is 16.2. The van der Waals surface area contributed by atoms with Crippen molar-refractivity contribution < 1.29 is 4.79 Å². The van der Waals surface area contributed by atoms with Gasteiger partial charge in [-0.1, -0.05) is 13.8 Å². The third-order valence-electron chi connectivity index (χ3n) is 3.57. The number of carbonyl (C=O) groups excluding carboxylic acids is 1. The van der Waals surface area contributed by atoms with E-state index in [2.05, 4.69) is 32.6 Å². The van der Waals surface area contributed by atoms with Gasteiger partial charge in [0, 0.05) is 26.2 Å². The molecule has 3 nitrogen and oxygen atoms in total. The van der Waals surface area contributed by atoms with Crippen molar-refractivity contribution in [2.24, 2.45) is 5.92 Å². The van der Waals surface area contributed by atoms with Crippen molar-refractivity contribution in [1.82, 2.24) is 9.80 Å². The molecule has 0 aromatic heterocycles. The van der Waals surface area contributed by atoms with E-state index in [-0.39, 0.29) is 11.9 Å². The monoisotopic (exact) mass is 226 g/mol. The summed E-state index contributed by atoms with van der Waals surface area (Å²) in [6, 6.07) is 1.11. The van der Waals surface area contributed by atoms with Crippen molar-refractivity contribution in [3.63, 3.8) is 0 Å². The van der Waals surface area contributed by atoms with Gasteiger partial charge in [-0.2, -0.15) is 0 Å². The Morgan fingerprint density at radius 1 is 1.19 bits per heavy atom. The molecule has 0 aliphatic carbocycles. The lowest BCUT2D eigenvalue weighted by Gasteiger charge is -2.36. The van der Waals surface area contributed by atoms with Gasteiger partial charge in [-0.3, -0.25) is 9.69 Å². The predicted molar refractivity (Wildman–Crippen MR) is 67.3 cm³/mol. The van der Waals surface area contributed by atoms with Crippen molar-refractivity contribution in [3.05, 3.63) is 0 Å². The maximum atomic E-state index is 12.1. The Kier molecular flexibility index (Phi) is 4.36. The van der Waals surface area contributed by atoms with Crippen LogP contribution in [-0.2, 0) is 4.79 Å². The maximum Gasteiger partial charge on any atom is 0.239 e. The van der Waals surface area contributed by atoms with E-state index in [1.54, 1.807) is 4.90 Å². The van der Waals surface area contributed by atoms with Crippen LogP contribution in [0.4, 0.5) is 0 Å². The molecule has 2 unspecified atom stereocenters. The third-order valence-corrected chi connectivity index (χ3v) is 3.57. The predicted octanol–water partition coefficient (Wildman–Crippen LogP) is 1.97. The number of carbonyl (C=O) groups is 1. The molecule has 1 heterocycles. The van der Waals surface area contributed by atoms with Gasteiger partial charge in [0.05, 0.1) is 6.04 Å². The summed E-state index contributed by atoms with van der Waals surface area (Å²) in [7, 11) is 3.70. The molecule has 94 valence electrons. The standard InChI is InChI=1S/C13H26N2O/c1-9(2)11-7-8-12(13(16)14(5)6)15(11)10(3)4/h9-12H,7-8H2,1-6H3. The Bertz CT molecular complexity index is 248. The highest BCUT2D eigenvalue weighted by molar-refractivity contribution is 5.81. The lowest BCUT2D eigenvalue weighted by atomic mass is 10.0. The highest BCUT2D eigenvalue weighted by Gasteiger charge is 2.40. The van der Waals surface area contributed by atoms with Crippen LogP contribution in [0.25, 0.3) is 0 Å². The number of hydrogen-bond acceptors (Lipinski definition) is 2. The summed E-state index contributed by atoms with van der Waals surface area (Å²) in [5.41, 5.74) is 0. The fourth-order valence-corrected chi connectivity index (χ4v) is 2.83. The van der Waals surface area contributed by atoms with Crippen molar-refractivity contribution in [2.75, 3.05) is 14.1 Å². The van der Waals surface area contributed by atoms with Gasteiger partial charge in [0.2, 0.25) is 5.91 Å². The summed E-state index contributed by atoms with van der Waals surface area (Å²) in [5, 5.41) is 0. The zero-order valence-corrected chi connectivity index (χ0v) is 11.5. The normalized spacial score (nSPS) is 26.8. The minimum atomic E-state index is 0.0994. The quantitative estimate of drug-likeness (QED) is 0.734. The fraction of sp³-hybridized carbons (Fsp3) is 0.923. The minimum absolute atomic E-state index is 0.0994. The summed E-state index contributed by atoms with van der Waals surface area (Å²) in [5.74, 6) is 0.888. The SMILES string of the molecule is CC(C)C1CCC(C(=O)N(C)C)N1C(C)C. The second kappa shape index (κ2) is 5.17. The second-order valence-electron chi connectivity index (χ2n) is 5.68. The van der Waals surface area contributed by atoms with E-state index in [1.165, 1.54) is 0 Å². The van der Waals surface area contributed by atoms with Crippen LogP contribution in [0.1, 0.15) is 40.5 Å². The van der Waals surface area contributed by atoms with E-state index in [0.717, 1.165) is 12.8 Å². The van der Waals surface area contributed by atoms with E-state index >= 15 is 0 Å². The highest BCUT2D eigenvalue weighted by atomic mass is 16.2. The number of rotatable bonds is 3. The van der Waals surface area contributed by atoms with Crippen LogP contribution < -0.4 is 0 Å². The van der Waals surface area contributed by atoms with Gasteiger partial charge in [0.25, 0.3) is 0 Å². The first kappa shape index (κ1) is 13.5. The average Bonchev–Trinajstić information content (AvgIpc) is 2.60. The Morgan fingerprint density at radius 2 is 1.75 bits per heavy atom. The summed E-state index contributed by atoms with van der Waals surface area (Å²) in [6.45, 7) is 8.89. The van der Waals surface area contributed by atoms with Gasteiger partial charge in [-0.25, -0.2) is 0 Å². The zero-order valence-electron chi connectivity index (χ0n) is 11.5. The fourth-order valence-electron chi connectivity index (χ4n) is 2.83. The third kappa shape index (κ3) is 2.57. The van der Waals surface area contributed by atoms with Gasteiger partial charge in [0.15, 0.2) is 0 Å². The number of likely N-dealkylation sites (tertiary alicyclic amines) is 1. The second-order valence-corrected chi connectivity index (χ2v) is 5.68. The molecular formula is C13H26N2O. The summed E-state index contributed by atoms with van der Waals surface area (Å²) < 4.78 is 0. The van der Waals surface area contributed by atoms with Crippen LogP contribution in [0.2, 0.25) is 0 Å². The van der Waals surface area contributed by atoms with Crippen LogP contribution in [0, 0.1) is 5.92 Å². The smallest absolute Gasteiger partial charge is 0.239 e. The van der Waals surface area contributed by atoms with Crippen LogP contribution >= 0.6 is 0 Å². The molecule has 1 fully saturated rings. The molecular weight excluding hydrogens is 200 g/mol. The molecule has 1 aliphatic rings. The molecule has 0 saturated carbocycles. The Balaban J connectivity index is 2.84. The molecule has 1 saturated heterocycles. The molecule has 0 aromatic carbocycles. The number of hydrogen-bond donors (Lipinski definition) is 0. The van der Waals surface area contributed by atoms with Gasteiger partial charge in [0.1, 0.15) is 0 Å². The van der Waals surface area contributed by atoms with Gasteiger partial charge >= 0.3 is 0 Å². The van der Waals surface area contributed by atoms with Crippen molar-refractivity contribution in [3.8, 4) is 0 Å². The Labute approximate surface area is 99.8 Å². The molecule has 16 heavy (non-hydrogen) atoms. The number of amides is 1. The highest BCUT2D eigenvalue weighted by Crippen LogP contribution is 2.31. The van der Waals surface area contributed by atoms with Crippen molar-refractivity contribution in [1.29, 1.82) is 0 Å². The van der Waals surface area contributed by atoms with E-state index in [9.17, 15) is 4.79 Å². The van der Waals surface area contributed by atoms with E-state index in [0.29, 0.717) is 18.0 Å². The average molecular weight is 226 g/mol. The van der Waals surface area contributed by atoms with Crippen LogP contribution in [-0.4, -0.2) is 47.9 Å². The molecule has 0 radical (unpaired) electrons. The minimum Gasteiger partial charge on any atom is -0.347 e. The molecule has 1 rings (SSSR count). The molecule has 2 atom stereocenters. The lowest BCUT2D eigenvalue weighted by Crippen LogP contribution is -2.49. The van der Waals surface area contributed by atoms with Crippen LogP contribution in [0.3, 0.4) is 0 Å². The van der Waals surface area contributed by atoms with E-state index in [1.807, 2.05) is 14.1 Å². The van der Waals surface area contributed by atoms with Crippen LogP contribution in [0.5, 0.6) is 0 Å². The Morgan fingerprint density at radius 3 is 2.12 bits per heavy atom. The first-order chi connectivity index (χ1) is 7.36. The van der Waals surface area contributed by atoms with Crippen LogP contribution in [0.15, 0.2) is 0 Å². The Hall–Kier alpha value is -0.570. The molecule has 0 N–H and O–H groups in total. The maximum absolute atomic E-state index is 12.1. The van der Waals surface area contributed by atoms with Crippen molar-refractivity contribution >= 4 is 5.91 Å². The molecule has 3 heteroatoms. The van der Waals surface area contributed by atoms with E-state index in [4.69, 9.17) is 0 Å². The number of nitrogens with zero attached hydrogens (tertiary/aromatic N) is 2. The first-order valence-corrected chi connectivity index (χ1v) is 6.34. The molecule has 0 spiro atoms. The summed E-state index contributed by atoms with van der Waals surface area (Å²) >= 11 is 0. The molecule has 0 bridgehead atoms. The molecule has 1 amide bonds. The van der Waals surface area contributed by atoms with Gasteiger partial charge in [-0.05, 0) is 32.6 Å². The zero-order chi connectivity index (χ0) is 12.5. The lowest BCUT2D eigenvalue weighted by molar-refractivity contribution is -0.134. The van der Waals surface area contributed by atoms with Gasteiger partial charge < -0.3 is 4.90 Å². The van der Waals surface area contributed by atoms with E-state index < -0.39 is 0 Å². The topological polar surface area (TPSA) is 23.6 Å². The van der Waals surface area contributed by atoms with Gasteiger partial charge in [-0.15, -0.1) is 0 Å². The van der Waals surface area contributed by atoms with Crippen molar-refractivity contribution in [2.45, 2.75) is 58.7 Å². The first-order valence-electron chi connectivity index (χ1n) is 6.34. The molecule has 1 aliphatic heterocycles. The number of likely N-dealkylation sites (N-methyl/N-ethyl adjacent to an activating group) is 1.